The van der Waals surface area contributed by atoms with Crippen LogP contribution in [-0.4, -0.2) is 42.0 Å². The van der Waals surface area contributed by atoms with Crippen LogP contribution in [0.3, 0.4) is 0 Å². The van der Waals surface area contributed by atoms with Gasteiger partial charge in [-0.05, 0) is 55.9 Å². The molecule has 0 aliphatic rings. The zero-order valence-corrected chi connectivity index (χ0v) is 18.5. The largest absolute Gasteiger partial charge is 0.302 e. The summed E-state index contributed by atoms with van der Waals surface area (Å²) < 4.78 is 0.978. The second-order valence-electron chi connectivity index (χ2n) is 6.56. The maximum atomic E-state index is 13.3. The molecular weight excluding hydrogens is 413 g/mol. The van der Waals surface area contributed by atoms with E-state index in [2.05, 4.69) is 18.7 Å². The number of hydrogen-bond acceptors (Lipinski definition) is 4. The predicted octanol–water partition coefficient (Wildman–Crippen LogP) is 5.90. The number of amides is 1. The molecule has 0 saturated heterocycles. The second kappa shape index (κ2) is 9.23. The van der Waals surface area contributed by atoms with Crippen molar-refractivity contribution < 1.29 is 4.79 Å². The lowest BCUT2D eigenvalue weighted by atomic mass is 10.2. The van der Waals surface area contributed by atoms with E-state index in [9.17, 15) is 4.79 Å². The molecule has 1 amide bonds. The van der Waals surface area contributed by atoms with Crippen LogP contribution in [0.25, 0.3) is 10.2 Å². The number of thiazole rings is 1. The molecule has 28 heavy (non-hydrogen) atoms. The average molecular weight is 436 g/mol. The molecule has 0 atom stereocenters. The molecular formula is C21H23Cl2N3OS. The van der Waals surface area contributed by atoms with Crippen LogP contribution in [0.2, 0.25) is 10.0 Å². The van der Waals surface area contributed by atoms with E-state index < -0.39 is 0 Å². The van der Waals surface area contributed by atoms with E-state index in [1.54, 1.807) is 29.2 Å². The Kier molecular flexibility index (Phi) is 6.94. The number of aryl methyl sites for hydroxylation is 1. The summed E-state index contributed by atoms with van der Waals surface area (Å²) in [4.78, 5) is 22.1. The quantitative estimate of drug-likeness (QED) is 0.463. The highest BCUT2D eigenvalue weighted by atomic mass is 35.5. The minimum atomic E-state index is -0.0996. The summed E-state index contributed by atoms with van der Waals surface area (Å²) in [5, 5.41) is 1.90. The van der Waals surface area contributed by atoms with Gasteiger partial charge in [0.05, 0.1) is 10.2 Å². The molecule has 1 aromatic heterocycles. The predicted molar refractivity (Wildman–Crippen MR) is 120 cm³/mol. The molecule has 1 heterocycles. The van der Waals surface area contributed by atoms with Gasteiger partial charge in [0.25, 0.3) is 5.91 Å². The molecule has 0 bridgehead atoms. The lowest BCUT2D eigenvalue weighted by Gasteiger charge is -2.24. The van der Waals surface area contributed by atoms with Crippen molar-refractivity contribution >= 4 is 55.8 Å². The van der Waals surface area contributed by atoms with E-state index in [0.717, 1.165) is 35.4 Å². The number of halogens is 2. The van der Waals surface area contributed by atoms with E-state index in [0.29, 0.717) is 27.3 Å². The Morgan fingerprint density at radius 2 is 1.82 bits per heavy atom. The summed E-state index contributed by atoms with van der Waals surface area (Å²) in [5.41, 5.74) is 2.45. The highest BCUT2D eigenvalue weighted by molar-refractivity contribution is 7.22. The molecule has 148 valence electrons. The lowest BCUT2D eigenvalue weighted by molar-refractivity contribution is 0.0984. The number of nitrogens with zero attached hydrogens (tertiary/aromatic N) is 3. The lowest BCUT2D eigenvalue weighted by Crippen LogP contribution is -2.38. The van der Waals surface area contributed by atoms with Gasteiger partial charge in [-0.1, -0.05) is 54.5 Å². The number of anilines is 1. The van der Waals surface area contributed by atoms with Gasteiger partial charge in [0.1, 0.15) is 0 Å². The Morgan fingerprint density at radius 3 is 2.50 bits per heavy atom. The van der Waals surface area contributed by atoms with Crippen molar-refractivity contribution in [2.75, 3.05) is 31.1 Å². The summed E-state index contributed by atoms with van der Waals surface area (Å²) in [6, 6.07) is 10.8. The fourth-order valence-electron chi connectivity index (χ4n) is 3.10. The van der Waals surface area contributed by atoms with Crippen molar-refractivity contribution in [2.24, 2.45) is 0 Å². The molecule has 0 radical (unpaired) electrons. The molecule has 0 aliphatic heterocycles. The molecule has 0 spiro atoms. The van der Waals surface area contributed by atoms with Crippen molar-refractivity contribution in [1.29, 1.82) is 0 Å². The van der Waals surface area contributed by atoms with Crippen LogP contribution in [0.5, 0.6) is 0 Å². The normalized spacial score (nSPS) is 11.4. The molecule has 4 nitrogen and oxygen atoms in total. The molecule has 3 aromatic rings. The first kappa shape index (κ1) is 21.1. The zero-order chi connectivity index (χ0) is 20.3. The maximum absolute atomic E-state index is 13.3. The zero-order valence-electron chi connectivity index (χ0n) is 16.2. The monoisotopic (exact) mass is 435 g/mol. The van der Waals surface area contributed by atoms with E-state index in [1.165, 1.54) is 11.3 Å². The highest BCUT2D eigenvalue weighted by Gasteiger charge is 2.22. The topological polar surface area (TPSA) is 36.4 Å². The summed E-state index contributed by atoms with van der Waals surface area (Å²) in [5.74, 6) is -0.0996. The number of fused-ring (bicyclic) bond motifs is 1. The average Bonchev–Trinajstić information content (AvgIpc) is 3.09. The standard InChI is InChI=1S/C21H23Cl2N3OS/c1-4-25(5-2)9-10-26(20(27)15-7-6-8-16(22)12-15)21-24-19-14(3)11-17(23)13-18(19)28-21/h6-8,11-13H,4-5,9-10H2,1-3H3. The molecule has 2 aromatic carbocycles. The first-order valence-corrected chi connectivity index (χ1v) is 10.9. The third-order valence-corrected chi connectivity index (χ3v) is 6.20. The summed E-state index contributed by atoms with van der Waals surface area (Å²) >= 11 is 13.8. The van der Waals surface area contributed by atoms with Gasteiger partial charge in [-0.2, -0.15) is 0 Å². The van der Waals surface area contributed by atoms with Crippen LogP contribution >= 0.6 is 34.5 Å². The van der Waals surface area contributed by atoms with Crippen LogP contribution in [0.15, 0.2) is 36.4 Å². The summed E-state index contributed by atoms with van der Waals surface area (Å²) in [6.07, 6.45) is 0. The molecule has 0 fully saturated rings. The number of carbonyl (C=O) groups is 1. The Bertz CT molecular complexity index is 985. The van der Waals surface area contributed by atoms with Gasteiger partial charge >= 0.3 is 0 Å². The van der Waals surface area contributed by atoms with Gasteiger partial charge in [0.15, 0.2) is 5.13 Å². The summed E-state index contributed by atoms with van der Waals surface area (Å²) in [6.45, 7) is 9.42. The maximum Gasteiger partial charge on any atom is 0.260 e. The SMILES string of the molecule is CCN(CC)CCN(C(=O)c1cccc(Cl)c1)c1nc2c(C)cc(Cl)cc2s1. The van der Waals surface area contributed by atoms with Crippen LogP contribution in [0.4, 0.5) is 5.13 Å². The number of benzene rings is 2. The Morgan fingerprint density at radius 1 is 1.07 bits per heavy atom. The number of hydrogen-bond donors (Lipinski definition) is 0. The van der Waals surface area contributed by atoms with Gasteiger partial charge in [-0.25, -0.2) is 4.98 Å². The molecule has 0 aliphatic carbocycles. The second-order valence-corrected chi connectivity index (χ2v) is 8.44. The van der Waals surface area contributed by atoms with Gasteiger partial charge < -0.3 is 4.90 Å². The smallest absolute Gasteiger partial charge is 0.260 e. The fraction of sp³-hybridized carbons (Fsp3) is 0.333. The van der Waals surface area contributed by atoms with Crippen molar-refractivity contribution in [3.8, 4) is 0 Å². The molecule has 0 unspecified atom stereocenters. The number of carbonyl (C=O) groups excluding carboxylic acids is 1. The third kappa shape index (κ3) is 4.66. The highest BCUT2D eigenvalue weighted by Crippen LogP contribution is 2.33. The number of aromatic nitrogens is 1. The van der Waals surface area contributed by atoms with E-state index >= 15 is 0 Å². The van der Waals surface area contributed by atoms with Gasteiger partial charge in [0, 0.05) is 28.7 Å². The fourth-order valence-corrected chi connectivity index (χ4v) is 4.74. The molecule has 3 rings (SSSR count). The molecule has 0 N–H and O–H groups in total. The van der Waals surface area contributed by atoms with Crippen molar-refractivity contribution in [2.45, 2.75) is 20.8 Å². The van der Waals surface area contributed by atoms with Crippen LogP contribution in [0.1, 0.15) is 29.8 Å². The van der Waals surface area contributed by atoms with Gasteiger partial charge in [0.2, 0.25) is 0 Å². The summed E-state index contributed by atoms with van der Waals surface area (Å²) in [7, 11) is 0. The van der Waals surface area contributed by atoms with E-state index in [4.69, 9.17) is 28.2 Å². The molecule has 0 saturated carbocycles. The van der Waals surface area contributed by atoms with Gasteiger partial charge in [-0.15, -0.1) is 0 Å². The molecule has 7 heteroatoms. The number of rotatable bonds is 7. The van der Waals surface area contributed by atoms with Crippen LogP contribution in [-0.2, 0) is 0 Å². The van der Waals surface area contributed by atoms with Crippen LogP contribution < -0.4 is 4.90 Å². The Hall–Kier alpha value is -1.66. The number of likely N-dealkylation sites (N-methyl/N-ethyl adjacent to an activating group) is 1. The van der Waals surface area contributed by atoms with E-state index in [1.807, 2.05) is 19.1 Å². The Balaban J connectivity index is 2.00. The van der Waals surface area contributed by atoms with Crippen molar-refractivity contribution in [3.05, 3.63) is 57.6 Å². The van der Waals surface area contributed by atoms with Crippen LogP contribution in [0, 0.1) is 6.92 Å². The Labute approximate surface area is 179 Å². The van der Waals surface area contributed by atoms with Crippen molar-refractivity contribution in [1.82, 2.24) is 9.88 Å². The van der Waals surface area contributed by atoms with E-state index in [-0.39, 0.29) is 5.91 Å². The minimum absolute atomic E-state index is 0.0996. The van der Waals surface area contributed by atoms with Gasteiger partial charge in [-0.3, -0.25) is 9.69 Å². The minimum Gasteiger partial charge on any atom is -0.302 e. The first-order valence-electron chi connectivity index (χ1n) is 9.29. The van der Waals surface area contributed by atoms with Crippen molar-refractivity contribution in [3.63, 3.8) is 0 Å². The first-order chi connectivity index (χ1) is 13.4. The third-order valence-electron chi connectivity index (χ3n) is 4.72.